The zero-order valence-electron chi connectivity index (χ0n) is 16.5. The Kier molecular flexibility index (Phi) is 5.47. The molecule has 1 amide bonds. The predicted octanol–water partition coefficient (Wildman–Crippen LogP) is 3.60. The average Bonchev–Trinajstić information content (AvgIpc) is 2.91. The van der Waals surface area contributed by atoms with E-state index in [1.807, 2.05) is 4.90 Å². The number of benzene rings is 1. The lowest BCUT2D eigenvalue weighted by Gasteiger charge is -2.29. The number of aromatic nitrogens is 1. The summed E-state index contributed by atoms with van der Waals surface area (Å²) >= 11 is 0. The largest absolute Gasteiger partial charge is 0.351 e. The number of aromatic amines is 1. The Bertz CT molecular complexity index is 950. The summed E-state index contributed by atoms with van der Waals surface area (Å²) in [6.07, 6.45) is 6.07. The molecule has 1 N–H and O–H groups in total. The highest BCUT2D eigenvalue weighted by molar-refractivity contribution is 7.89. The van der Waals surface area contributed by atoms with Crippen molar-refractivity contribution < 1.29 is 13.2 Å². The standard InChI is InChI=1S/C21H29N3O3S/c1-16-8-12-23(13-9-16)21(25)20-15-17-14-18(6-7-19(17)22-20)28(26,27)24-10-4-2-3-5-11-24/h6-7,14-16,22H,2-5,8-13H2,1H3. The second-order valence-electron chi connectivity index (χ2n) is 8.23. The molecule has 0 aliphatic carbocycles. The molecule has 2 aliphatic heterocycles. The summed E-state index contributed by atoms with van der Waals surface area (Å²) in [5, 5.41) is 0.768. The van der Waals surface area contributed by atoms with Crippen LogP contribution in [0.25, 0.3) is 10.9 Å². The van der Waals surface area contributed by atoms with Gasteiger partial charge in [0.1, 0.15) is 5.69 Å². The number of sulfonamides is 1. The van der Waals surface area contributed by atoms with Gasteiger partial charge in [-0.05, 0) is 55.9 Å². The Balaban J connectivity index is 1.58. The van der Waals surface area contributed by atoms with Crippen molar-refractivity contribution in [2.24, 2.45) is 5.92 Å². The van der Waals surface area contributed by atoms with Crippen LogP contribution >= 0.6 is 0 Å². The van der Waals surface area contributed by atoms with Gasteiger partial charge in [0.05, 0.1) is 4.90 Å². The Labute approximate surface area is 166 Å². The highest BCUT2D eigenvalue weighted by Crippen LogP contribution is 2.26. The Hall–Kier alpha value is -1.86. The third-order valence-electron chi connectivity index (χ3n) is 6.10. The van der Waals surface area contributed by atoms with E-state index in [1.54, 1.807) is 28.6 Å². The van der Waals surface area contributed by atoms with Crippen LogP contribution in [-0.4, -0.2) is 54.7 Å². The molecule has 2 aromatic rings. The number of fused-ring (bicyclic) bond motifs is 1. The Morgan fingerprint density at radius 1 is 1.00 bits per heavy atom. The maximum absolute atomic E-state index is 13.0. The van der Waals surface area contributed by atoms with Crippen LogP contribution in [-0.2, 0) is 10.0 Å². The van der Waals surface area contributed by atoms with Gasteiger partial charge in [-0.15, -0.1) is 0 Å². The van der Waals surface area contributed by atoms with Gasteiger partial charge >= 0.3 is 0 Å². The first-order valence-corrected chi connectivity index (χ1v) is 11.8. The van der Waals surface area contributed by atoms with Gasteiger partial charge in [-0.25, -0.2) is 8.42 Å². The van der Waals surface area contributed by atoms with Crippen LogP contribution in [0.5, 0.6) is 0 Å². The highest BCUT2D eigenvalue weighted by Gasteiger charge is 2.26. The Morgan fingerprint density at radius 2 is 1.68 bits per heavy atom. The van der Waals surface area contributed by atoms with Crippen molar-refractivity contribution in [2.75, 3.05) is 26.2 Å². The summed E-state index contributed by atoms with van der Waals surface area (Å²) in [6, 6.07) is 6.91. The summed E-state index contributed by atoms with van der Waals surface area (Å²) in [5.74, 6) is 0.665. The third kappa shape index (κ3) is 3.82. The number of nitrogens with zero attached hydrogens (tertiary/aromatic N) is 2. The molecule has 28 heavy (non-hydrogen) atoms. The van der Waals surface area contributed by atoms with Crippen molar-refractivity contribution in [3.05, 3.63) is 30.0 Å². The number of hydrogen-bond donors (Lipinski definition) is 1. The third-order valence-corrected chi connectivity index (χ3v) is 7.99. The topological polar surface area (TPSA) is 73.5 Å². The van der Waals surface area contributed by atoms with Gasteiger partial charge in [0.15, 0.2) is 0 Å². The van der Waals surface area contributed by atoms with Crippen molar-refractivity contribution in [3.8, 4) is 0 Å². The number of likely N-dealkylation sites (tertiary alicyclic amines) is 1. The van der Waals surface area contributed by atoms with E-state index in [0.29, 0.717) is 29.6 Å². The van der Waals surface area contributed by atoms with Crippen molar-refractivity contribution in [1.82, 2.24) is 14.2 Å². The van der Waals surface area contributed by atoms with Gasteiger partial charge in [-0.3, -0.25) is 4.79 Å². The molecule has 2 saturated heterocycles. The van der Waals surface area contributed by atoms with Crippen molar-refractivity contribution in [3.63, 3.8) is 0 Å². The summed E-state index contributed by atoms with van der Waals surface area (Å²) in [5.41, 5.74) is 1.33. The highest BCUT2D eigenvalue weighted by atomic mass is 32.2. The molecule has 0 atom stereocenters. The van der Waals surface area contributed by atoms with E-state index in [4.69, 9.17) is 0 Å². The molecule has 0 radical (unpaired) electrons. The lowest BCUT2D eigenvalue weighted by molar-refractivity contribution is 0.0692. The maximum Gasteiger partial charge on any atom is 0.270 e. The first-order valence-electron chi connectivity index (χ1n) is 10.4. The van der Waals surface area contributed by atoms with Gasteiger partial charge < -0.3 is 9.88 Å². The number of hydrogen-bond acceptors (Lipinski definition) is 3. The predicted molar refractivity (Wildman–Crippen MR) is 110 cm³/mol. The number of nitrogens with one attached hydrogen (secondary N) is 1. The van der Waals surface area contributed by atoms with Gasteiger partial charge in [-0.1, -0.05) is 19.8 Å². The molecule has 4 rings (SSSR count). The number of amides is 1. The van der Waals surface area contributed by atoms with E-state index in [0.717, 1.165) is 62.5 Å². The van der Waals surface area contributed by atoms with Crippen LogP contribution in [0.15, 0.2) is 29.2 Å². The molecule has 1 aromatic carbocycles. The molecule has 0 bridgehead atoms. The van der Waals surface area contributed by atoms with Gasteiger partial charge in [0.2, 0.25) is 10.0 Å². The molecule has 2 fully saturated rings. The van der Waals surface area contributed by atoms with E-state index < -0.39 is 10.0 Å². The SMILES string of the molecule is CC1CCN(C(=O)c2cc3cc(S(=O)(=O)N4CCCCCC4)ccc3[nH]2)CC1. The number of H-pyrrole nitrogens is 1. The molecule has 1 aromatic heterocycles. The second-order valence-corrected chi connectivity index (χ2v) is 10.2. The second kappa shape index (κ2) is 7.87. The van der Waals surface area contributed by atoms with Crippen LogP contribution in [0.2, 0.25) is 0 Å². The maximum atomic E-state index is 13.0. The van der Waals surface area contributed by atoms with Crippen molar-refractivity contribution >= 4 is 26.8 Å². The first kappa shape index (κ1) is 19.5. The van der Waals surface area contributed by atoms with Crippen LogP contribution in [0, 0.1) is 5.92 Å². The minimum atomic E-state index is -3.49. The number of carbonyl (C=O) groups excluding carboxylic acids is 1. The van der Waals surface area contributed by atoms with E-state index >= 15 is 0 Å². The first-order chi connectivity index (χ1) is 13.4. The fourth-order valence-corrected chi connectivity index (χ4v) is 5.75. The lowest BCUT2D eigenvalue weighted by Crippen LogP contribution is -2.38. The normalized spacial score (nSPS) is 20.4. The average molecular weight is 404 g/mol. The van der Waals surface area contributed by atoms with E-state index in [1.165, 1.54) is 0 Å². The summed E-state index contributed by atoms with van der Waals surface area (Å²) in [7, 11) is -3.49. The zero-order chi connectivity index (χ0) is 19.7. The zero-order valence-corrected chi connectivity index (χ0v) is 17.3. The number of rotatable bonds is 3. The minimum Gasteiger partial charge on any atom is -0.351 e. The van der Waals surface area contributed by atoms with Crippen LogP contribution < -0.4 is 0 Å². The summed E-state index contributed by atoms with van der Waals surface area (Å²) in [4.78, 5) is 18.2. The smallest absolute Gasteiger partial charge is 0.270 e. The quantitative estimate of drug-likeness (QED) is 0.851. The summed E-state index contributed by atoms with van der Waals surface area (Å²) in [6.45, 7) is 4.96. The van der Waals surface area contributed by atoms with E-state index in [9.17, 15) is 13.2 Å². The molecule has 0 spiro atoms. The van der Waals surface area contributed by atoms with Crippen LogP contribution in [0.3, 0.4) is 0 Å². The van der Waals surface area contributed by atoms with Crippen molar-refractivity contribution in [1.29, 1.82) is 0 Å². The Morgan fingerprint density at radius 3 is 2.36 bits per heavy atom. The molecule has 0 unspecified atom stereocenters. The molecular weight excluding hydrogens is 374 g/mol. The summed E-state index contributed by atoms with van der Waals surface area (Å²) < 4.78 is 27.7. The number of piperidine rings is 1. The van der Waals surface area contributed by atoms with Crippen LogP contribution in [0.1, 0.15) is 55.9 Å². The monoisotopic (exact) mass is 403 g/mol. The molecule has 0 saturated carbocycles. The van der Waals surface area contributed by atoms with Crippen LogP contribution in [0.4, 0.5) is 0 Å². The number of carbonyl (C=O) groups is 1. The molecule has 2 aliphatic rings. The molecule has 3 heterocycles. The molecule has 6 nitrogen and oxygen atoms in total. The van der Waals surface area contributed by atoms with E-state index in [-0.39, 0.29) is 5.91 Å². The van der Waals surface area contributed by atoms with Crippen molar-refractivity contribution in [2.45, 2.75) is 50.3 Å². The fourth-order valence-electron chi connectivity index (χ4n) is 4.20. The van der Waals surface area contributed by atoms with E-state index in [2.05, 4.69) is 11.9 Å². The van der Waals surface area contributed by atoms with Gasteiger partial charge in [0.25, 0.3) is 5.91 Å². The van der Waals surface area contributed by atoms with Gasteiger partial charge in [-0.2, -0.15) is 4.31 Å². The molecular formula is C21H29N3O3S. The van der Waals surface area contributed by atoms with Gasteiger partial charge in [0, 0.05) is 37.1 Å². The lowest BCUT2D eigenvalue weighted by atomic mass is 9.99. The molecule has 7 heteroatoms. The molecule has 152 valence electrons. The minimum absolute atomic E-state index is 0.0000234. The fraction of sp³-hybridized carbons (Fsp3) is 0.571.